The number of aromatic nitrogens is 1. The predicted molar refractivity (Wildman–Crippen MR) is 88.6 cm³/mol. The van der Waals surface area contributed by atoms with E-state index in [0.29, 0.717) is 6.07 Å². The summed E-state index contributed by atoms with van der Waals surface area (Å²) in [6.45, 7) is 0. The zero-order valence-electron chi connectivity index (χ0n) is 13.4. The fourth-order valence-electron chi connectivity index (χ4n) is 4.07. The van der Waals surface area contributed by atoms with Crippen molar-refractivity contribution in [2.45, 2.75) is 50.4 Å². The molecule has 2 fully saturated rings. The summed E-state index contributed by atoms with van der Waals surface area (Å²) >= 11 is 0. The van der Waals surface area contributed by atoms with Crippen molar-refractivity contribution >= 4 is 18.3 Å². The van der Waals surface area contributed by atoms with E-state index in [2.05, 4.69) is 5.32 Å². The normalized spacial score (nSPS) is 28.8. The third-order valence-electron chi connectivity index (χ3n) is 5.13. The lowest BCUT2D eigenvalue weighted by atomic mass is 9.67. The molecule has 4 N–H and O–H groups in total. The highest BCUT2D eigenvalue weighted by Gasteiger charge is 2.40. The number of nitrogens with two attached hydrogens (primary N) is 1. The highest BCUT2D eigenvalue weighted by molar-refractivity contribution is 5.94. The molecule has 0 aliphatic heterocycles. The van der Waals surface area contributed by atoms with Crippen LogP contribution in [0.2, 0.25) is 0 Å². The molecular formula is C16H21ClF3N3O2. The molecule has 0 saturated heterocycles. The van der Waals surface area contributed by atoms with Crippen molar-refractivity contribution in [1.29, 1.82) is 0 Å². The van der Waals surface area contributed by atoms with Crippen LogP contribution < -0.4 is 16.6 Å². The van der Waals surface area contributed by atoms with E-state index < -0.39 is 23.3 Å². The zero-order chi connectivity index (χ0) is 17.5. The number of nitrogens with one attached hydrogen (secondary N) is 2. The first-order chi connectivity index (χ1) is 11.3. The van der Waals surface area contributed by atoms with E-state index in [-0.39, 0.29) is 41.9 Å². The summed E-state index contributed by atoms with van der Waals surface area (Å²) < 4.78 is 37.8. The van der Waals surface area contributed by atoms with Crippen LogP contribution in [0.15, 0.2) is 16.9 Å². The third kappa shape index (κ3) is 4.17. The molecule has 0 aromatic carbocycles. The molecule has 3 rings (SSSR count). The maximum atomic E-state index is 12.6. The van der Waals surface area contributed by atoms with Crippen molar-refractivity contribution in [3.63, 3.8) is 0 Å². The number of alkyl halides is 3. The fourth-order valence-corrected chi connectivity index (χ4v) is 4.07. The van der Waals surface area contributed by atoms with Gasteiger partial charge in [0.1, 0.15) is 11.3 Å². The van der Waals surface area contributed by atoms with Crippen LogP contribution in [0, 0.1) is 11.8 Å². The number of carbonyl (C=O) groups excluding carboxylic acids is 1. The van der Waals surface area contributed by atoms with Gasteiger partial charge in [0, 0.05) is 12.1 Å². The number of carbonyl (C=O) groups is 1. The van der Waals surface area contributed by atoms with Gasteiger partial charge in [0.15, 0.2) is 0 Å². The van der Waals surface area contributed by atoms with E-state index in [4.69, 9.17) is 5.73 Å². The standard InChI is InChI=1S/C16H20F3N3O2.ClH/c17-16(18,19)12-5-4-11(14(23)21-12)15(24)22-13-8-2-1-3-9(13)7-10(20)6-8;/h4-5,8-10,13H,1-3,6-7,20H2,(H,21,23)(H,22,24);1H. The van der Waals surface area contributed by atoms with Crippen molar-refractivity contribution in [2.75, 3.05) is 0 Å². The monoisotopic (exact) mass is 379 g/mol. The second-order valence-electron chi connectivity index (χ2n) is 6.79. The Hall–Kier alpha value is -1.54. The number of H-pyrrole nitrogens is 1. The van der Waals surface area contributed by atoms with Crippen LogP contribution in [0.5, 0.6) is 0 Å². The summed E-state index contributed by atoms with van der Waals surface area (Å²) in [5.74, 6) is -0.0858. The van der Waals surface area contributed by atoms with E-state index in [1.807, 2.05) is 0 Å². The molecule has 0 radical (unpaired) electrons. The molecule has 1 aromatic heterocycles. The predicted octanol–water partition coefficient (Wildman–Crippen LogP) is 2.45. The lowest BCUT2D eigenvalue weighted by Crippen LogP contribution is -2.54. The number of rotatable bonds is 2. The van der Waals surface area contributed by atoms with Crippen LogP contribution in [0.25, 0.3) is 0 Å². The van der Waals surface area contributed by atoms with Crippen molar-refractivity contribution in [3.05, 3.63) is 33.7 Å². The zero-order valence-corrected chi connectivity index (χ0v) is 14.3. The van der Waals surface area contributed by atoms with Crippen LogP contribution >= 0.6 is 12.4 Å². The van der Waals surface area contributed by atoms with Gasteiger partial charge in [-0.05, 0) is 49.7 Å². The van der Waals surface area contributed by atoms with Gasteiger partial charge in [-0.3, -0.25) is 9.59 Å². The van der Waals surface area contributed by atoms with Crippen LogP contribution in [0.1, 0.15) is 48.2 Å². The average molecular weight is 380 g/mol. The lowest BCUT2D eigenvalue weighted by molar-refractivity contribution is -0.141. The van der Waals surface area contributed by atoms with Crippen molar-refractivity contribution in [2.24, 2.45) is 17.6 Å². The van der Waals surface area contributed by atoms with E-state index >= 15 is 0 Å². The smallest absolute Gasteiger partial charge is 0.349 e. The Morgan fingerprint density at radius 1 is 1.20 bits per heavy atom. The van der Waals surface area contributed by atoms with Gasteiger partial charge in [-0.25, -0.2) is 0 Å². The van der Waals surface area contributed by atoms with E-state index in [1.54, 1.807) is 4.98 Å². The maximum absolute atomic E-state index is 12.6. The molecule has 5 nitrogen and oxygen atoms in total. The van der Waals surface area contributed by atoms with Gasteiger partial charge < -0.3 is 16.0 Å². The van der Waals surface area contributed by atoms with Gasteiger partial charge >= 0.3 is 6.18 Å². The summed E-state index contributed by atoms with van der Waals surface area (Å²) in [7, 11) is 0. The lowest BCUT2D eigenvalue weighted by Gasteiger charge is -2.45. The molecule has 2 unspecified atom stereocenters. The van der Waals surface area contributed by atoms with Crippen molar-refractivity contribution in [3.8, 4) is 0 Å². The maximum Gasteiger partial charge on any atom is 0.431 e. The average Bonchev–Trinajstić information content (AvgIpc) is 2.47. The van der Waals surface area contributed by atoms with E-state index in [0.717, 1.165) is 38.2 Å². The molecular weight excluding hydrogens is 359 g/mol. The number of fused-ring (bicyclic) bond motifs is 2. The first kappa shape index (κ1) is 19.8. The van der Waals surface area contributed by atoms with E-state index in [9.17, 15) is 22.8 Å². The third-order valence-corrected chi connectivity index (χ3v) is 5.13. The van der Waals surface area contributed by atoms with Crippen molar-refractivity contribution in [1.82, 2.24) is 10.3 Å². The van der Waals surface area contributed by atoms with Crippen LogP contribution in [0.4, 0.5) is 13.2 Å². The molecule has 1 amide bonds. The summed E-state index contributed by atoms with van der Waals surface area (Å²) in [5, 5.41) is 2.86. The Kier molecular flexibility index (Phi) is 5.83. The molecule has 2 saturated carbocycles. The largest absolute Gasteiger partial charge is 0.431 e. The molecule has 2 aliphatic rings. The number of halogens is 4. The molecule has 0 spiro atoms. The number of amides is 1. The fraction of sp³-hybridized carbons (Fsp3) is 0.625. The van der Waals surface area contributed by atoms with Gasteiger partial charge in [0.2, 0.25) is 0 Å². The topological polar surface area (TPSA) is 88.0 Å². The second-order valence-corrected chi connectivity index (χ2v) is 6.79. The Balaban J connectivity index is 0.00000225. The molecule has 1 aromatic rings. The Labute approximate surface area is 149 Å². The quantitative estimate of drug-likeness (QED) is 0.737. The highest BCUT2D eigenvalue weighted by atomic mass is 35.5. The summed E-state index contributed by atoms with van der Waals surface area (Å²) in [4.78, 5) is 25.9. The number of aromatic amines is 1. The molecule has 2 atom stereocenters. The van der Waals surface area contributed by atoms with Crippen LogP contribution in [-0.4, -0.2) is 23.0 Å². The van der Waals surface area contributed by atoms with Gasteiger partial charge in [0.05, 0.1) is 0 Å². The molecule has 25 heavy (non-hydrogen) atoms. The number of pyridine rings is 1. The molecule has 2 bridgehead atoms. The number of hydrogen-bond donors (Lipinski definition) is 3. The number of hydrogen-bond acceptors (Lipinski definition) is 3. The van der Waals surface area contributed by atoms with Gasteiger partial charge in [-0.1, -0.05) is 6.42 Å². The van der Waals surface area contributed by atoms with Gasteiger partial charge in [-0.15, -0.1) is 12.4 Å². The minimum absolute atomic E-state index is 0. The summed E-state index contributed by atoms with van der Waals surface area (Å²) in [6, 6.07) is 1.71. The highest BCUT2D eigenvalue weighted by Crippen LogP contribution is 2.39. The minimum Gasteiger partial charge on any atom is -0.349 e. The Morgan fingerprint density at radius 3 is 2.32 bits per heavy atom. The Bertz CT molecular complexity index is 678. The molecule has 1 heterocycles. The molecule has 9 heteroatoms. The van der Waals surface area contributed by atoms with Crippen LogP contribution in [-0.2, 0) is 6.18 Å². The van der Waals surface area contributed by atoms with E-state index in [1.165, 1.54) is 0 Å². The second kappa shape index (κ2) is 7.37. The van der Waals surface area contributed by atoms with Crippen LogP contribution in [0.3, 0.4) is 0 Å². The summed E-state index contributed by atoms with van der Waals surface area (Å²) in [5.41, 5.74) is 3.55. The van der Waals surface area contributed by atoms with Gasteiger partial charge in [-0.2, -0.15) is 13.2 Å². The first-order valence-electron chi connectivity index (χ1n) is 8.12. The molecule has 140 valence electrons. The Morgan fingerprint density at radius 2 is 1.80 bits per heavy atom. The first-order valence-corrected chi connectivity index (χ1v) is 8.12. The molecule has 2 aliphatic carbocycles. The van der Waals surface area contributed by atoms with Gasteiger partial charge in [0.25, 0.3) is 11.5 Å². The van der Waals surface area contributed by atoms with Crippen molar-refractivity contribution < 1.29 is 18.0 Å². The summed E-state index contributed by atoms with van der Waals surface area (Å²) in [6.07, 6.45) is 0.0344. The SMILES string of the molecule is Cl.NC1CC2CCCC(C1)C2NC(=O)c1ccc(C(F)(F)F)[nH]c1=O. The minimum atomic E-state index is -4.65.